The van der Waals surface area contributed by atoms with E-state index in [2.05, 4.69) is 22.3 Å². The van der Waals surface area contributed by atoms with Crippen molar-refractivity contribution in [2.75, 3.05) is 40.4 Å². The van der Waals surface area contributed by atoms with E-state index in [1.165, 1.54) is 57.8 Å². The summed E-state index contributed by atoms with van der Waals surface area (Å²) < 4.78 is 5.44. The molecule has 0 unspecified atom stereocenters. The lowest BCUT2D eigenvalue weighted by molar-refractivity contribution is 0.0625. The molecule has 1 aliphatic heterocycles. The predicted octanol–water partition coefficient (Wildman–Crippen LogP) is 3.28. The van der Waals surface area contributed by atoms with E-state index in [9.17, 15) is 0 Å². The van der Waals surface area contributed by atoms with Crippen LogP contribution in [-0.4, -0.2) is 51.3 Å². The Balaban J connectivity index is 1.61. The molecule has 0 spiro atoms. The van der Waals surface area contributed by atoms with Crippen molar-refractivity contribution < 1.29 is 4.74 Å². The molecule has 1 aliphatic carbocycles. The van der Waals surface area contributed by atoms with Gasteiger partial charge in [-0.1, -0.05) is 32.1 Å². The molecule has 0 radical (unpaired) electrons. The molecule has 0 aromatic carbocycles. The van der Waals surface area contributed by atoms with Crippen molar-refractivity contribution in [1.82, 2.24) is 10.2 Å². The van der Waals surface area contributed by atoms with Crippen molar-refractivity contribution in [3.8, 4) is 0 Å². The van der Waals surface area contributed by atoms with Crippen molar-refractivity contribution in [3.05, 3.63) is 0 Å². The third-order valence-corrected chi connectivity index (χ3v) is 5.35. The largest absolute Gasteiger partial charge is 0.381 e. The van der Waals surface area contributed by atoms with E-state index >= 15 is 0 Å². The highest BCUT2D eigenvalue weighted by Crippen LogP contribution is 2.25. The second kappa shape index (κ2) is 10.1. The van der Waals surface area contributed by atoms with E-state index in [0.717, 1.165) is 44.1 Å². The summed E-state index contributed by atoms with van der Waals surface area (Å²) >= 11 is 0. The number of nitrogens with zero attached hydrogens (tertiary/aromatic N) is 2. The molecule has 1 heterocycles. The Hall–Kier alpha value is -0.770. The lowest BCUT2D eigenvalue weighted by atomic mass is 9.87. The number of aliphatic imine (C=N–C) groups is 1. The smallest absolute Gasteiger partial charge is 0.193 e. The molecule has 0 atom stereocenters. The molecular formula is C18H35N3O. The van der Waals surface area contributed by atoms with Crippen LogP contribution < -0.4 is 5.32 Å². The predicted molar refractivity (Wildman–Crippen MR) is 93.3 cm³/mol. The van der Waals surface area contributed by atoms with Gasteiger partial charge >= 0.3 is 0 Å². The number of ether oxygens (including phenoxy) is 1. The van der Waals surface area contributed by atoms with Crippen molar-refractivity contribution in [3.63, 3.8) is 0 Å². The van der Waals surface area contributed by atoms with Gasteiger partial charge in [-0.2, -0.15) is 0 Å². The van der Waals surface area contributed by atoms with Gasteiger partial charge in [-0.25, -0.2) is 0 Å². The second-order valence-corrected chi connectivity index (χ2v) is 7.03. The van der Waals surface area contributed by atoms with Gasteiger partial charge in [0.2, 0.25) is 0 Å². The van der Waals surface area contributed by atoms with Crippen LogP contribution in [0.4, 0.5) is 0 Å². The van der Waals surface area contributed by atoms with Gasteiger partial charge in [0.1, 0.15) is 0 Å². The van der Waals surface area contributed by atoms with Crippen LogP contribution in [0, 0.1) is 11.8 Å². The zero-order valence-corrected chi connectivity index (χ0v) is 14.6. The molecule has 0 bridgehead atoms. The van der Waals surface area contributed by atoms with E-state index in [1.54, 1.807) is 0 Å². The molecule has 0 aromatic rings. The topological polar surface area (TPSA) is 36.9 Å². The Morgan fingerprint density at radius 3 is 2.41 bits per heavy atom. The highest BCUT2D eigenvalue weighted by Gasteiger charge is 2.16. The molecule has 4 nitrogen and oxygen atoms in total. The molecule has 2 rings (SSSR count). The molecule has 0 aromatic heterocycles. The first-order valence-electron chi connectivity index (χ1n) is 9.29. The molecule has 2 fully saturated rings. The van der Waals surface area contributed by atoms with Crippen LogP contribution in [0.3, 0.4) is 0 Å². The van der Waals surface area contributed by atoms with Crippen LogP contribution in [0.15, 0.2) is 4.99 Å². The average Bonchev–Trinajstić information content (AvgIpc) is 2.58. The van der Waals surface area contributed by atoms with E-state index in [0.29, 0.717) is 0 Å². The normalized spacial score (nSPS) is 21.8. The SMILES string of the molecule is CN=C(NCCC1CCCCC1)N(C)CCC1CCOCC1. The molecule has 2 aliphatic rings. The summed E-state index contributed by atoms with van der Waals surface area (Å²) in [7, 11) is 4.06. The van der Waals surface area contributed by atoms with Gasteiger partial charge in [0, 0.05) is 40.4 Å². The maximum absolute atomic E-state index is 5.44. The zero-order chi connectivity index (χ0) is 15.6. The van der Waals surface area contributed by atoms with Crippen LogP contribution in [0.2, 0.25) is 0 Å². The molecular weight excluding hydrogens is 274 g/mol. The lowest BCUT2D eigenvalue weighted by Crippen LogP contribution is -2.40. The summed E-state index contributed by atoms with van der Waals surface area (Å²) in [6.07, 6.45) is 12.2. The monoisotopic (exact) mass is 309 g/mol. The zero-order valence-electron chi connectivity index (χ0n) is 14.6. The first-order valence-corrected chi connectivity index (χ1v) is 9.29. The number of hydrogen-bond acceptors (Lipinski definition) is 2. The summed E-state index contributed by atoms with van der Waals surface area (Å²) in [5, 5.41) is 3.56. The first kappa shape index (κ1) is 17.6. The molecule has 1 N–H and O–H groups in total. The molecule has 22 heavy (non-hydrogen) atoms. The van der Waals surface area contributed by atoms with Gasteiger partial charge in [0.25, 0.3) is 0 Å². The second-order valence-electron chi connectivity index (χ2n) is 7.03. The van der Waals surface area contributed by atoms with E-state index in [-0.39, 0.29) is 0 Å². The highest BCUT2D eigenvalue weighted by atomic mass is 16.5. The standard InChI is InChI=1S/C18H35N3O/c1-19-18(20-12-8-16-6-4-3-5-7-16)21(2)13-9-17-10-14-22-15-11-17/h16-17H,3-15H2,1-2H3,(H,19,20). The summed E-state index contributed by atoms with van der Waals surface area (Å²) in [6.45, 7) is 4.05. The van der Waals surface area contributed by atoms with Gasteiger partial charge < -0.3 is 15.0 Å². The maximum atomic E-state index is 5.44. The maximum Gasteiger partial charge on any atom is 0.193 e. The Kier molecular flexibility index (Phi) is 8.06. The summed E-state index contributed by atoms with van der Waals surface area (Å²) in [4.78, 5) is 6.73. The summed E-state index contributed by atoms with van der Waals surface area (Å²) in [6, 6.07) is 0. The molecule has 0 amide bonds. The van der Waals surface area contributed by atoms with Crippen molar-refractivity contribution in [2.24, 2.45) is 16.8 Å². The Labute approximate surface area is 136 Å². The van der Waals surface area contributed by atoms with Crippen LogP contribution in [-0.2, 0) is 4.74 Å². The third-order valence-electron chi connectivity index (χ3n) is 5.35. The molecule has 1 saturated carbocycles. The first-order chi connectivity index (χ1) is 10.8. The lowest BCUT2D eigenvalue weighted by Gasteiger charge is -2.27. The number of hydrogen-bond donors (Lipinski definition) is 1. The minimum Gasteiger partial charge on any atom is -0.381 e. The fourth-order valence-corrected chi connectivity index (χ4v) is 3.77. The van der Waals surface area contributed by atoms with Gasteiger partial charge in [0.05, 0.1) is 0 Å². The minimum atomic E-state index is 0.830. The quantitative estimate of drug-likeness (QED) is 0.604. The Bertz CT molecular complexity index is 320. The van der Waals surface area contributed by atoms with Gasteiger partial charge in [-0.15, -0.1) is 0 Å². The van der Waals surface area contributed by atoms with E-state index < -0.39 is 0 Å². The number of rotatable bonds is 6. The minimum absolute atomic E-state index is 0.830. The van der Waals surface area contributed by atoms with Crippen molar-refractivity contribution in [1.29, 1.82) is 0 Å². The Morgan fingerprint density at radius 2 is 1.73 bits per heavy atom. The van der Waals surface area contributed by atoms with Gasteiger partial charge in [-0.05, 0) is 37.5 Å². The van der Waals surface area contributed by atoms with Crippen LogP contribution in [0.1, 0.15) is 57.8 Å². The van der Waals surface area contributed by atoms with Crippen LogP contribution in [0.5, 0.6) is 0 Å². The summed E-state index contributed by atoms with van der Waals surface area (Å²) in [5.41, 5.74) is 0. The van der Waals surface area contributed by atoms with Crippen LogP contribution in [0.25, 0.3) is 0 Å². The number of guanidine groups is 1. The fraction of sp³-hybridized carbons (Fsp3) is 0.944. The van der Waals surface area contributed by atoms with Crippen molar-refractivity contribution in [2.45, 2.75) is 57.8 Å². The van der Waals surface area contributed by atoms with E-state index in [4.69, 9.17) is 4.74 Å². The van der Waals surface area contributed by atoms with E-state index in [1.807, 2.05) is 7.05 Å². The summed E-state index contributed by atoms with van der Waals surface area (Å²) in [5.74, 6) is 2.83. The molecule has 1 saturated heterocycles. The van der Waals surface area contributed by atoms with Gasteiger partial charge in [0.15, 0.2) is 5.96 Å². The highest BCUT2D eigenvalue weighted by molar-refractivity contribution is 5.79. The third kappa shape index (κ3) is 6.15. The Morgan fingerprint density at radius 1 is 1.05 bits per heavy atom. The molecule has 128 valence electrons. The van der Waals surface area contributed by atoms with Gasteiger partial charge in [-0.3, -0.25) is 4.99 Å². The molecule has 4 heteroatoms. The van der Waals surface area contributed by atoms with Crippen LogP contribution >= 0.6 is 0 Å². The fourth-order valence-electron chi connectivity index (χ4n) is 3.77. The number of nitrogens with one attached hydrogen (secondary N) is 1. The van der Waals surface area contributed by atoms with Crippen molar-refractivity contribution >= 4 is 5.96 Å². The average molecular weight is 309 g/mol.